The summed E-state index contributed by atoms with van der Waals surface area (Å²) in [6.45, 7) is 5.59. The monoisotopic (exact) mass is 309 g/mol. The van der Waals surface area contributed by atoms with E-state index >= 15 is 0 Å². The Labute approximate surface area is 127 Å². The summed E-state index contributed by atoms with van der Waals surface area (Å²) in [6, 6.07) is 5.10. The molecule has 0 fully saturated rings. The second kappa shape index (κ2) is 6.19. The molecule has 112 valence electrons. The highest BCUT2D eigenvalue weighted by Gasteiger charge is 2.14. The van der Waals surface area contributed by atoms with E-state index in [-0.39, 0.29) is 18.1 Å². The van der Waals surface area contributed by atoms with E-state index in [1.54, 1.807) is 18.2 Å². The molecule has 0 bridgehead atoms. The lowest BCUT2D eigenvalue weighted by atomic mass is 10.2. The SMILES string of the molecule is CC(C)(C)OCC(=O)Nc1cc(-n2cnnn2)ccc1Cl. The molecule has 0 unspecified atom stereocenters. The fraction of sp³-hybridized carbons (Fsp3) is 0.385. The number of carbonyl (C=O) groups is 1. The molecule has 1 heterocycles. The highest BCUT2D eigenvalue weighted by Crippen LogP contribution is 2.24. The van der Waals surface area contributed by atoms with Crippen LogP contribution >= 0.6 is 11.6 Å². The molecule has 1 aromatic carbocycles. The maximum Gasteiger partial charge on any atom is 0.250 e. The van der Waals surface area contributed by atoms with E-state index in [0.717, 1.165) is 0 Å². The number of benzene rings is 1. The minimum absolute atomic E-state index is 0.0467. The van der Waals surface area contributed by atoms with Gasteiger partial charge >= 0.3 is 0 Å². The number of anilines is 1. The molecule has 0 spiro atoms. The van der Waals surface area contributed by atoms with Gasteiger partial charge in [0.25, 0.3) is 0 Å². The number of nitrogens with zero attached hydrogens (tertiary/aromatic N) is 4. The van der Waals surface area contributed by atoms with Gasteiger partial charge in [-0.3, -0.25) is 4.79 Å². The molecule has 21 heavy (non-hydrogen) atoms. The maximum atomic E-state index is 11.9. The lowest BCUT2D eigenvalue weighted by Gasteiger charge is -2.19. The third-order valence-corrected chi connectivity index (χ3v) is 2.80. The molecule has 2 rings (SSSR count). The molecule has 0 aliphatic rings. The number of hydrogen-bond donors (Lipinski definition) is 1. The summed E-state index contributed by atoms with van der Waals surface area (Å²) in [7, 11) is 0. The van der Waals surface area contributed by atoms with Gasteiger partial charge in [-0.2, -0.15) is 0 Å². The van der Waals surface area contributed by atoms with E-state index in [1.807, 2.05) is 20.8 Å². The summed E-state index contributed by atoms with van der Waals surface area (Å²) < 4.78 is 6.88. The predicted molar refractivity (Wildman–Crippen MR) is 78.5 cm³/mol. The van der Waals surface area contributed by atoms with Crippen LogP contribution in [-0.4, -0.2) is 38.3 Å². The van der Waals surface area contributed by atoms with Gasteiger partial charge in [-0.05, 0) is 49.4 Å². The summed E-state index contributed by atoms with van der Waals surface area (Å²) in [4.78, 5) is 11.9. The highest BCUT2D eigenvalue weighted by atomic mass is 35.5. The fourth-order valence-corrected chi connectivity index (χ4v) is 1.66. The molecule has 0 saturated carbocycles. The van der Waals surface area contributed by atoms with Gasteiger partial charge in [0.15, 0.2) is 0 Å². The van der Waals surface area contributed by atoms with Crippen molar-refractivity contribution >= 4 is 23.2 Å². The van der Waals surface area contributed by atoms with Crippen molar-refractivity contribution < 1.29 is 9.53 Å². The molecule has 2 aromatic rings. The molecule has 0 aliphatic heterocycles. The number of rotatable bonds is 4. The molecule has 0 atom stereocenters. The molecule has 0 aliphatic carbocycles. The minimum atomic E-state index is -0.380. The molecule has 8 heteroatoms. The predicted octanol–water partition coefficient (Wildman–Crippen LogP) is 2.07. The lowest BCUT2D eigenvalue weighted by molar-refractivity contribution is -0.125. The van der Waals surface area contributed by atoms with Gasteiger partial charge in [-0.25, -0.2) is 4.68 Å². The van der Waals surface area contributed by atoms with Crippen molar-refractivity contribution in [1.29, 1.82) is 0 Å². The second-order valence-electron chi connectivity index (χ2n) is 5.37. The molecular formula is C13H16ClN5O2. The molecule has 1 aromatic heterocycles. The first-order valence-corrected chi connectivity index (χ1v) is 6.70. The first kappa shape index (κ1) is 15.4. The van der Waals surface area contributed by atoms with Crippen LogP contribution in [0.2, 0.25) is 5.02 Å². The molecule has 1 amide bonds. The molecule has 7 nitrogen and oxygen atoms in total. The largest absolute Gasteiger partial charge is 0.366 e. The van der Waals surface area contributed by atoms with Crippen molar-refractivity contribution in [3.05, 3.63) is 29.5 Å². The quantitative estimate of drug-likeness (QED) is 0.935. The molecule has 0 radical (unpaired) electrons. The van der Waals surface area contributed by atoms with Gasteiger partial charge in [0.05, 0.1) is 22.0 Å². The summed E-state index contributed by atoms with van der Waals surface area (Å²) in [5, 5.41) is 14.0. The van der Waals surface area contributed by atoms with Crippen molar-refractivity contribution in [3.8, 4) is 5.69 Å². The first-order chi connectivity index (χ1) is 9.85. The van der Waals surface area contributed by atoms with Crippen molar-refractivity contribution in [2.75, 3.05) is 11.9 Å². The van der Waals surface area contributed by atoms with Gasteiger partial charge in [0.1, 0.15) is 12.9 Å². The minimum Gasteiger partial charge on any atom is -0.366 e. The summed E-state index contributed by atoms with van der Waals surface area (Å²) in [5.41, 5.74) is 0.790. The van der Waals surface area contributed by atoms with E-state index in [0.29, 0.717) is 16.4 Å². The Kier molecular flexibility index (Phi) is 4.54. The smallest absolute Gasteiger partial charge is 0.250 e. The number of ether oxygens (including phenoxy) is 1. The Balaban J connectivity index is 2.09. The van der Waals surface area contributed by atoms with Gasteiger partial charge in [-0.1, -0.05) is 11.6 Å². The number of amides is 1. The van der Waals surface area contributed by atoms with Gasteiger partial charge in [-0.15, -0.1) is 5.10 Å². The summed E-state index contributed by atoms with van der Waals surface area (Å²) in [6.07, 6.45) is 1.46. The van der Waals surface area contributed by atoms with Crippen LogP contribution in [0.4, 0.5) is 5.69 Å². The zero-order valence-electron chi connectivity index (χ0n) is 12.0. The normalized spacial score (nSPS) is 11.4. The van der Waals surface area contributed by atoms with Crippen LogP contribution in [0, 0.1) is 0 Å². The van der Waals surface area contributed by atoms with E-state index < -0.39 is 0 Å². The van der Waals surface area contributed by atoms with Crippen LogP contribution in [0.3, 0.4) is 0 Å². The summed E-state index contributed by atoms with van der Waals surface area (Å²) in [5.74, 6) is -0.277. The third kappa shape index (κ3) is 4.51. The molecule has 1 N–H and O–H groups in total. The number of tetrazole rings is 1. The second-order valence-corrected chi connectivity index (χ2v) is 5.77. The van der Waals surface area contributed by atoms with Gasteiger partial charge < -0.3 is 10.1 Å². The maximum absolute atomic E-state index is 11.9. The average Bonchev–Trinajstić information content (AvgIpc) is 2.92. The summed E-state index contributed by atoms with van der Waals surface area (Å²) >= 11 is 6.08. The number of aromatic nitrogens is 4. The number of nitrogens with one attached hydrogen (secondary N) is 1. The topological polar surface area (TPSA) is 81.9 Å². The van der Waals surface area contributed by atoms with Crippen molar-refractivity contribution in [3.63, 3.8) is 0 Å². The van der Waals surface area contributed by atoms with E-state index in [1.165, 1.54) is 11.0 Å². The number of carbonyl (C=O) groups excluding carboxylic acids is 1. The van der Waals surface area contributed by atoms with Crippen molar-refractivity contribution in [2.45, 2.75) is 26.4 Å². The highest BCUT2D eigenvalue weighted by molar-refractivity contribution is 6.33. The Hall–Kier alpha value is -1.99. The van der Waals surface area contributed by atoms with Crippen molar-refractivity contribution in [2.24, 2.45) is 0 Å². The third-order valence-electron chi connectivity index (χ3n) is 2.47. The molecule has 0 saturated heterocycles. The van der Waals surface area contributed by atoms with E-state index in [2.05, 4.69) is 20.8 Å². The van der Waals surface area contributed by atoms with Crippen LogP contribution in [0.1, 0.15) is 20.8 Å². The van der Waals surface area contributed by atoms with E-state index in [4.69, 9.17) is 16.3 Å². The lowest BCUT2D eigenvalue weighted by Crippen LogP contribution is -2.27. The Morgan fingerprint density at radius 1 is 1.43 bits per heavy atom. The van der Waals surface area contributed by atoms with Crippen LogP contribution in [-0.2, 0) is 9.53 Å². The molecular weight excluding hydrogens is 294 g/mol. The Bertz CT molecular complexity index is 622. The van der Waals surface area contributed by atoms with Gasteiger partial charge in [0, 0.05) is 0 Å². The number of hydrogen-bond acceptors (Lipinski definition) is 5. The first-order valence-electron chi connectivity index (χ1n) is 6.32. The van der Waals surface area contributed by atoms with Crippen molar-refractivity contribution in [1.82, 2.24) is 20.2 Å². The van der Waals surface area contributed by atoms with Crippen LogP contribution in [0.25, 0.3) is 5.69 Å². The number of halogens is 1. The van der Waals surface area contributed by atoms with Crippen LogP contribution in [0.5, 0.6) is 0 Å². The van der Waals surface area contributed by atoms with Crippen LogP contribution < -0.4 is 5.32 Å². The zero-order valence-corrected chi connectivity index (χ0v) is 12.8. The standard InChI is InChI=1S/C13H16ClN5O2/c1-13(2,3)21-7-12(20)16-11-6-9(4-5-10(11)14)19-8-15-17-18-19/h4-6,8H,7H2,1-3H3,(H,16,20). The van der Waals surface area contributed by atoms with Crippen LogP contribution in [0.15, 0.2) is 24.5 Å². The van der Waals surface area contributed by atoms with Gasteiger partial charge in [0.2, 0.25) is 5.91 Å². The average molecular weight is 310 g/mol. The Morgan fingerprint density at radius 2 is 2.19 bits per heavy atom. The van der Waals surface area contributed by atoms with E-state index in [9.17, 15) is 4.79 Å². The zero-order chi connectivity index (χ0) is 15.5. The fourth-order valence-electron chi connectivity index (χ4n) is 1.50. The Morgan fingerprint density at radius 3 is 2.81 bits per heavy atom.